The first-order valence-electron chi connectivity index (χ1n) is 11.1. The number of nitrogens with two attached hydrogens (primary N) is 6. The first-order valence-corrected chi connectivity index (χ1v) is 14.6. The number of phenolic OH excluding ortho intramolecular Hbond substituents is 1. The lowest BCUT2D eigenvalue weighted by Crippen LogP contribution is -2.48. The van der Waals surface area contributed by atoms with Crippen LogP contribution in [-0.4, -0.2) is 50.0 Å². The van der Waals surface area contributed by atoms with E-state index >= 15 is 0 Å². The van der Waals surface area contributed by atoms with E-state index in [1.807, 2.05) is 0 Å². The minimum absolute atomic E-state index is 0.0112. The van der Waals surface area contributed by atoms with E-state index in [2.05, 4.69) is 0 Å². The van der Waals surface area contributed by atoms with E-state index in [0.29, 0.717) is 0 Å². The fourth-order valence-electron chi connectivity index (χ4n) is 4.90. The van der Waals surface area contributed by atoms with Crippen LogP contribution in [0.3, 0.4) is 0 Å². The van der Waals surface area contributed by atoms with Crippen molar-refractivity contribution in [3.05, 3.63) is 53.1 Å². The highest BCUT2D eigenvalue weighted by molar-refractivity contribution is 7.74. The predicted octanol–water partition coefficient (Wildman–Crippen LogP) is -2.67. The van der Waals surface area contributed by atoms with Crippen LogP contribution in [0.2, 0.25) is 0 Å². The molecule has 0 amide bonds. The van der Waals surface area contributed by atoms with Gasteiger partial charge in [-0.05, 0) is 56.4 Å². The van der Waals surface area contributed by atoms with Crippen LogP contribution >= 0.6 is 0 Å². The van der Waals surface area contributed by atoms with Gasteiger partial charge in [0, 0.05) is 30.4 Å². The summed E-state index contributed by atoms with van der Waals surface area (Å²) >= 11 is 0. The van der Waals surface area contributed by atoms with Crippen LogP contribution in [-0.2, 0) is 46.7 Å². The summed E-state index contributed by atoms with van der Waals surface area (Å²) in [6, 6.07) is 8.45. The molecule has 16 heteroatoms. The van der Waals surface area contributed by atoms with Gasteiger partial charge in [0.25, 0.3) is 0 Å². The Morgan fingerprint density at radius 2 is 0.842 bits per heavy atom. The number of rotatable bonds is 9. The van der Waals surface area contributed by atoms with Gasteiger partial charge in [0.15, 0.2) is 46.7 Å². The van der Waals surface area contributed by atoms with Gasteiger partial charge in [0.1, 0.15) is 5.75 Å². The van der Waals surface area contributed by atoms with Gasteiger partial charge < -0.3 is 39.5 Å². The Kier molecular flexibility index (Phi) is 7.09. The van der Waals surface area contributed by atoms with Crippen molar-refractivity contribution in [1.82, 2.24) is 0 Å². The summed E-state index contributed by atoms with van der Waals surface area (Å²) in [6.45, 7) is -1.65. The molecule has 0 saturated heterocycles. The molecule has 0 aliphatic carbocycles. The second-order valence-electron chi connectivity index (χ2n) is 9.14. The van der Waals surface area contributed by atoms with E-state index < -0.39 is 66.4 Å². The Labute approximate surface area is 221 Å². The minimum Gasteiger partial charge on any atom is -0.507 e. The number of hydrogen-bond donors (Lipinski definition) is 10. The number of aromatic hydroxyl groups is 1. The van der Waals surface area contributed by atoms with Gasteiger partial charge in [0.05, 0.1) is 0 Å². The maximum Gasteiger partial charge on any atom is 0.164 e. The first-order chi connectivity index (χ1) is 17.7. The Bertz CT molecular complexity index is 1760. The summed E-state index contributed by atoms with van der Waals surface area (Å²) in [7, 11) is -10.1. The average Bonchev–Trinajstić information content (AvgIpc) is 2.90. The summed E-state index contributed by atoms with van der Waals surface area (Å²) < 4.78 is 73.7. The zero-order chi connectivity index (χ0) is 28.4. The Hall–Kier alpha value is -2.67. The van der Waals surface area contributed by atoms with Crippen LogP contribution in [0.4, 0.5) is 0 Å². The summed E-state index contributed by atoms with van der Waals surface area (Å²) in [6.07, 6.45) is 0. The Morgan fingerprint density at radius 3 is 1.16 bits per heavy atom. The lowest BCUT2D eigenvalue weighted by molar-refractivity contribution is 0.479. The number of thiol groups is 3. The van der Waals surface area contributed by atoms with Crippen molar-refractivity contribution < 1.29 is 30.4 Å². The molecule has 3 atom stereocenters. The highest BCUT2D eigenvalue weighted by Gasteiger charge is 2.39. The molecule has 0 aliphatic rings. The zero-order valence-corrected chi connectivity index (χ0v) is 22.5. The average molecular weight is 585 g/mol. The van der Waals surface area contributed by atoms with Gasteiger partial charge in [-0.3, -0.25) is 0 Å². The topological polar surface area (TPSA) is 279 Å². The third-order valence-corrected chi connectivity index (χ3v) is 10.4. The molecule has 0 aliphatic heterocycles. The molecule has 0 saturated carbocycles. The molecule has 4 rings (SSSR count). The molecule has 0 spiro atoms. The molecule has 206 valence electrons. The highest BCUT2D eigenvalue weighted by atomic mass is 32.2. The van der Waals surface area contributed by atoms with Crippen molar-refractivity contribution >= 4 is 64.4 Å². The van der Waals surface area contributed by atoms with Crippen LogP contribution in [0.5, 0.6) is 5.75 Å². The van der Waals surface area contributed by atoms with Crippen molar-refractivity contribution in [1.29, 1.82) is 0 Å². The fraction of sp³-hybridized carbons (Fsp3) is 0.273. The number of hydrogen-bond acceptors (Lipinski definition) is 13. The summed E-state index contributed by atoms with van der Waals surface area (Å²) in [5.74, 6) is -0.338. The zero-order valence-electron chi connectivity index (χ0n) is 19.8. The van der Waals surface area contributed by atoms with Gasteiger partial charge in [-0.1, -0.05) is 18.2 Å². The van der Waals surface area contributed by atoms with E-state index in [9.17, 15) is 30.4 Å². The van der Waals surface area contributed by atoms with Crippen molar-refractivity contribution in [2.24, 2.45) is 34.4 Å². The van der Waals surface area contributed by atoms with Crippen LogP contribution in [0.25, 0.3) is 32.3 Å². The van der Waals surface area contributed by atoms with Crippen LogP contribution in [0.1, 0.15) is 16.7 Å². The molecule has 4 aromatic carbocycles. The third-order valence-electron chi connectivity index (χ3n) is 7.19. The number of benzene rings is 4. The monoisotopic (exact) mass is 584 g/mol. The lowest BCUT2D eigenvalue weighted by Gasteiger charge is -2.31. The first kappa shape index (κ1) is 28.3. The summed E-state index contributed by atoms with van der Waals surface area (Å²) in [4.78, 5) is -6.36. The third kappa shape index (κ3) is 3.75. The maximum atomic E-state index is 12.3. The number of phenols is 1. The van der Waals surface area contributed by atoms with Crippen molar-refractivity contribution in [3.8, 4) is 5.75 Å². The quantitative estimate of drug-likeness (QED) is 0.0711. The van der Waals surface area contributed by atoms with Crippen LogP contribution in [0.15, 0.2) is 36.4 Å². The Morgan fingerprint density at radius 1 is 0.553 bits per heavy atom. The summed E-state index contributed by atoms with van der Waals surface area (Å²) in [5, 5.41) is 12.5. The smallest absolute Gasteiger partial charge is 0.164 e. The van der Waals surface area contributed by atoms with E-state index in [4.69, 9.17) is 34.4 Å². The standard InChI is InChI=1S/C22H28N6O7S3/c23-7-20(26,36(30)31)14-5-15(21(27,8-24)37(32)33)11-3-4-13-17(29)6-16(22(28,9-25)38(34)35)12-2-1-10(14)18(11)19(12)13/h1-6,29,36-38H,7-9,23-28H2. The highest BCUT2D eigenvalue weighted by Crippen LogP contribution is 2.46. The molecule has 4 aromatic rings. The SMILES string of the molecule is NCC(N)(c1cc(O)c2ccc3c(C(N)(CN)[SH](=O)=O)cc(C(N)(CN)[SH](=O)=O)c4ccc1c2c34)[SH](=O)=O. The van der Waals surface area contributed by atoms with E-state index in [1.165, 1.54) is 36.4 Å². The molecule has 0 radical (unpaired) electrons. The molecule has 0 aromatic heterocycles. The van der Waals surface area contributed by atoms with Gasteiger partial charge in [-0.2, -0.15) is 0 Å². The normalized spacial score (nSPS) is 17.5. The van der Waals surface area contributed by atoms with Crippen LogP contribution < -0.4 is 34.4 Å². The molecular formula is C22H28N6O7S3. The second-order valence-corrected chi connectivity index (χ2v) is 13.1. The molecule has 3 unspecified atom stereocenters. The van der Waals surface area contributed by atoms with Gasteiger partial charge in [-0.15, -0.1) is 0 Å². The fourth-order valence-corrected chi connectivity index (χ4v) is 6.49. The largest absolute Gasteiger partial charge is 0.507 e. The van der Waals surface area contributed by atoms with Crippen molar-refractivity contribution in [3.63, 3.8) is 0 Å². The molecular weight excluding hydrogens is 556 g/mol. The minimum atomic E-state index is -3.40. The van der Waals surface area contributed by atoms with Gasteiger partial charge in [0.2, 0.25) is 0 Å². The molecule has 13 nitrogen and oxygen atoms in total. The van der Waals surface area contributed by atoms with E-state index in [-0.39, 0.29) is 54.8 Å². The van der Waals surface area contributed by atoms with Crippen LogP contribution in [0, 0.1) is 0 Å². The van der Waals surface area contributed by atoms with E-state index in [0.717, 1.165) is 0 Å². The predicted molar refractivity (Wildman–Crippen MR) is 148 cm³/mol. The summed E-state index contributed by atoms with van der Waals surface area (Å²) in [5.41, 5.74) is 35.9. The van der Waals surface area contributed by atoms with E-state index in [1.54, 1.807) is 0 Å². The van der Waals surface area contributed by atoms with Crippen molar-refractivity contribution in [2.75, 3.05) is 19.6 Å². The second kappa shape index (κ2) is 9.51. The molecule has 0 fully saturated rings. The van der Waals surface area contributed by atoms with Crippen molar-refractivity contribution in [2.45, 2.75) is 14.6 Å². The molecule has 0 bridgehead atoms. The molecule has 38 heavy (non-hydrogen) atoms. The Balaban J connectivity index is 2.40. The lowest BCUT2D eigenvalue weighted by atomic mass is 9.83. The maximum absolute atomic E-state index is 12.3. The van der Waals surface area contributed by atoms with Gasteiger partial charge >= 0.3 is 0 Å². The van der Waals surface area contributed by atoms with Gasteiger partial charge in [-0.25, -0.2) is 25.3 Å². The molecule has 13 N–H and O–H groups in total. The molecule has 0 heterocycles.